The molecule has 0 radical (unpaired) electrons. The number of anilines is 1. The van der Waals surface area contributed by atoms with Gasteiger partial charge in [-0.15, -0.1) is 0 Å². The summed E-state index contributed by atoms with van der Waals surface area (Å²) in [6, 6.07) is 18.5. The molecule has 0 fully saturated rings. The van der Waals surface area contributed by atoms with E-state index in [1.165, 1.54) is 42.9 Å². The van der Waals surface area contributed by atoms with Crippen molar-refractivity contribution in [2.24, 2.45) is 5.73 Å². The van der Waals surface area contributed by atoms with Crippen LogP contribution in [-0.2, 0) is 0 Å². The molecule has 2 amide bonds. The van der Waals surface area contributed by atoms with Crippen LogP contribution >= 0.6 is 0 Å². The van der Waals surface area contributed by atoms with Gasteiger partial charge in [-0.05, 0) is 73.3 Å². The van der Waals surface area contributed by atoms with E-state index in [-0.39, 0.29) is 6.03 Å². The van der Waals surface area contributed by atoms with Gasteiger partial charge < -0.3 is 21.7 Å². The first-order chi connectivity index (χ1) is 15.3. The summed E-state index contributed by atoms with van der Waals surface area (Å²) in [4.78, 5) is 12.4. The number of carbonyl (C=O) groups is 1. The zero-order chi connectivity index (χ0) is 21.7. The number of nitrogens with two attached hydrogens (primary N) is 1. The molecule has 0 aliphatic carbocycles. The first-order valence-corrected chi connectivity index (χ1v) is 11.6. The molecular weight excluding hydrogens is 384 g/mol. The van der Waals surface area contributed by atoms with Crippen molar-refractivity contribution in [2.75, 3.05) is 31.5 Å². The summed E-state index contributed by atoms with van der Waals surface area (Å²) in [5.74, 6) is 0. The van der Waals surface area contributed by atoms with E-state index in [1.54, 1.807) is 0 Å². The number of unbranched alkanes of at least 4 members (excludes halogenated alkanes) is 5. The molecule has 0 bridgehead atoms. The minimum Gasteiger partial charge on any atom is -0.338 e. The molecule has 0 aliphatic heterocycles. The van der Waals surface area contributed by atoms with E-state index in [0.29, 0.717) is 6.54 Å². The molecule has 5 nitrogen and oxygen atoms in total. The first kappa shape index (κ1) is 23.0. The van der Waals surface area contributed by atoms with Crippen LogP contribution < -0.4 is 21.7 Å². The van der Waals surface area contributed by atoms with Crippen LogP contribution in [0.1, 0.15) is 44.9 Å². The third-order valence-electron chi connectivity index (χ3n) is 5.62. The maximum Gasteiger partial charge on any atom is 0.319 e. The standard InChI is InChI=1S/C26H36N4O/c27-15-7-3-1-2-4-8-16-28-17-10-18-29-26(31)30-25-14-9-13-23-19-21-11-5-6-12-22(21)20-24(23)25/h5-6,9,11-14,19-20,28H,1-4,7-8,10,15-18,27H2,(H2,29,30,31). The maximum atomic E-state index is 12.4. The molecule has 5 heteroatoms. The Labute approximate surface area is 185 Å². The molecule has 3 aromatic rings. The van der Waals surface area contributed by atoms with Crippen LogP contribution in [0.3, 0.4) is 0 Å². The first-order valence-electron chi connectivity index (χ1n) is 11.6. The normalized spacial score (nSPS) is 11.1. The van der Waals surface area contributed by atoms with E-state index in [2.05, 4.69) is 46.3 Å². The fourth-order valence-electron chi connectivity index (χ4n) is 3.88. The van der Waals surface area contributed by atoms with Gasteiger partial charge in [0.25, 0.3) is 0 Å². The van der Waals surface area contributed by atoms with E-state index >= 15 is 0 Å². The molecule has 0 heterocycles. The van der Waals surface area contributed by atoms with Crippen molar-refractivity contribution >= 4 is 33.3 Å². The SMILES string of the molecule is NCCCCCCCCNCCCNC(=O)Nc1cccc2cc3ccccc3cc12. The van der Waals surface area contributed by atoms with Crippen LogP contribution in [0.5, 0.6) is 0 Å². The molecule has 0 aromatic heterocycles. The van der Waals surface area contributed by atoms with Crippen LogP contribution in [0.2, 0.25) is 0 Å². The summed E-state index contributed by atoms with van der Waals surface area (Å²) in [5, 5.41) is 14.0. The Morgan fingerprint density at radius 2 is 1.39 bits per heavy atom. The Kier molecular flexibility index (Phi) is 9.61. The van der Waals surface area contributed by atoms with Crippen LogP contribution in [-0.4, -0.2) is 32.2 Å². The van der Waals surface area contributed by atoms with Crippen molar-refractivity contribution in [3.05, 3.63) is 54.6 Å². The largest absolute Gasteiger partial charge is 0.338 e. The minimum atomic E-state index is -0.155. The number of hydrogen-bond donors (Lipinski definition) is 4. The number of benzene rings is 3. The Morgan fingerprint density at radius 3 is 2.19 bits per heavy atom. The van der Waals surface area contributed by atoms with E-state index in [4.69, 9.17) is 5.73 Å². The van der Waals surface area contributed by atoms with E-state index in [9.17, 15) is 4.79 Å². The molecule has 0 unspecified atom stereocenters. The molecule has 5 N–H and O–H groups in total. The van der Waals surface area contributed by atoms with E-state index < -0.39 is 0 Å². The van der Waals surface area contributed by atoms with Crippen molar-refractivity contribution in [1.82, 2.24) is 10.6 Å². The maximum absolute atomic E-state index is 12.4. The van der Waals surface area contributed by atoms with Gasteiger partial charge in [-0.2, -0.15) is 0 Å². The van der Waals surface area contributed by atoms with Gasteiger partial charge in [-0.25, -0.2) is 4.79 Å². The quantitative estimate of drug-likeness (QED) is 0.221. The molecule has 3 aromatic carbocycles. The van der Waals surface area contributed by atoms with Crippen LogP contribution in [0.4, 0.5) is 10.5 Å². The topological polar surface area (TPSA) is 79.2 Å². The zero-order valence-corrected chi connectivity index (χ0v) is 18.5. The number of carbonyl (C=O) groups excluding carboxylic acids is 1. The molecule has 3 rings (SSSR count). The van der Waals surface area contributed by atoms with Gasteiger partial charge in [-0.3, -0.25) is 0 Å². The van der Waals surface area contributed by atoms with Gasteiger partial charge in [0.1, 0.15) is 0 Å². The average Bonchev–Trinajstić information content (AvgIpc) is 2.79. The van der Waals surface area contributed by atoms with Gasteiger partial charge in [-0.1, -0.05) is 62.1 Å². The smallest absolute Gasteiger partial charge is 0.319 e. The third-order valence-corrected chi connectivity index (χ3v) is 5.62. The number of amides is 2. The molecule has 0 saturated carbocycles. The monoisotopic (exact) mass is 420 g/mol. The van der Waals surface area contributed by atoms with Crippen molar-refractivity contribution < 1.29 is 4.79 Å². The van der Waals surface area contributed by atoms with Crippen molar-refractivity contribution in [2.45, 2.75) is 44.9 Å². The van der Waals surface area contributed by atoms with Gasteiger partial charge in [0, 0.05) is 11.9 Å². The molecule has 31 heavy (non-hydrogen) atoms. The highest BCUT2D eigenvalue weighted by Gasteiger charge is 2.06. The Bertz CT molecular complexity index is 956. The lowest BCUT2D eigenvalue weighted by atomic mass is 10.0. The number of nitrogens with one attached hydrogen (secondary N) is 3. The van der Waals surface area contributed by atoms with Crippen molar-refractivity contribution in [3.8, 4) is 0 Å². The van der Waals surface area contributed by atoms with Gasteiger partial charge >= 0.3 is 6.03 Å². The summed E-state index contributed by atoms with van der Waals surface area (Å²) < 4.78 is 0. The summed E-state index contributed by atoms with van der Waals surface area (Å²) in [6.07, 6.45) is 8.41. The number of fused-ring (bicyclic) bond motifs is 2. The second-order valence-electron chi connectivity index (χ2n) is 8.12. The predicted molar refractivity (Wildman–Crippen MR) is 133 cm³/mol. The summed E-state index contributed by atoms with van der Waals surface area (Å²) in [7, 11) is 0. The highest BCUT2D eigenvalue weighted by atomic mass is 16.2. The van der Waals surface area contributed by atoms with E-state index in [1.807, 2.05) is 24.3 Å². The van der Waals surface area contributed by atoms with Gasteiger partial charge in [0.05, 0.1) is 5.69 Å². The lowest BCUT2D eigenvalue weighted by molar-refractivity contribution is 0.252. The summed E-state index contributed by atoms with van der Waals surface area (Å²) >= 11 is 0. The molecule has 0 aliphatic rings. The summed E-state index contributed by atoms with van der Waals surface area (Å²) in [6.45, 7) is 3.44. The Morgan fingerprint density at radius 1 is 0.710 bits per heavy atom. The highest BCUT2D eigenvalue weighted by Crippen LogP contribution is 2.28. The lowest BCUT2D eigenvalue weighted by Gasteiger charge is -2.11. The molecule has 0 saturated heterocycles. The third kappa shape index (κ3) is 7.53. The zero-order valence-electron chi connectivity index (χ0n) is 18.5. The second kappa shape index (κ2) is 12.9. The second-order valence-corrected chi connectivity index (χ2v) is 8.12. The van der Waals surface area contributed by atoms with Crippen LogP contribution in [0, 0.1) is 0 Å². The van der Waals surface area contributed by atoms with Gasteiger partial charge in [0.2, 0.25) is 0 Å². The Hall–Kier alpha value is -2.63. The fraction of sp³-hybridized carbons (Fsp3) is 0.423. The number of rotatable bonds is 13. The average molecular weight is 421 g/mol. The number of urea groups is 1. The fourth-order valence-corrected chi connectivity index (χ4v) is 3.88. The van der Waals surface area contributed by atoms with Crippen molar-refractivity contribution in [1.29, 1.82) is 0 Å². The predicted octanol–water partition coefficient (Wildman–Crippen LogP) is 5.39. The minimum absolute atomic E-state index is 0.155. The van der Waals surface area contributed by atoms with Gasteiger partial charge in [0.15, 0.2) is 0 Å². The summed E-state index contributed by atoms with van der Waals surface area (Å²) in [5.41, 5.74) is 6.34. The molecule has 0 spiro atoms. The lowest BCUT2D eigenvalue weighted by Crippen LogP contribution is -2.31. The van der Waals surface area contributed by atoms with Crippen LogP contribution in [0.25, 0.3) is 21.5 Å². The Balaban J connectivity index is 1.34. The van der Waals surface area contributed by atoms with E-state index in [0.717, 1.165) is 48.9 Å². The highest BCUT2D eigenvalue weighted by molar-refractivity contribution is 6.07. The van der Waals surface area contributed by atoms with Crippen molar-refractivity contribution in [3.63, 3.8) is 0 Å². The molecule has 0 atom stereocenters. The number of hydrogen-bond acceptors (Lipinski definition) is 3. The molecular formula is C26H36N4O. The molecule has 166 valence electrons. The van der Waals surface area contributed by atoms with Crippen LogP contribution in [0.15, 0.2) is 54.6 Å².